The van der Waals surface area contributed by atoms with E-state index in [1.807, 2.05) is 42.5 Å². The minimum Gasteiger partial charge on any atom is -0.340 e. The second-order valence-corrected chi connectivity index (χ2v) is 7.74. The van der Waals surface area contributed by atoms with Gasteiger partial charge in [-0.1, -0.05) is 62.4 Å². The second-order valence-electron chi connectivity index (χ2n) is 7.74. The first-order valence-electron chi connectivity index (χ1n) is 9.57. The first-order valence-corrected chi connectivity index (χ1v) is 9.57. The third-order valence-electron chi connectivity index (χ3n) is 5.70. The standard InChI is InChI=1S/C23H19N3O3/c1-11(2)12-7-9-13(10-8-12)16-17-19(14-5-3-4-6-15(14)20(17)27)24-21-18(16)22(28)26-23(29)25-21/h3-11,16H,1-2H3,(H3,24,25,26,28,29)/t16-/m1/s1. The van der Waals surface area contributed by atoms with Crippen LogP contribution >= 0.6 is 0 Å². The average molecular weight is 385 g/mol. The molecule has 6 heteroatoms. The van der Waals surface area contributed by atoms with Gasteiger partial charge in [-0.25, -0.2) is 4.79 Å². The SMILES string of the molecule is CC(C)c1ccc([C@@H]2C3=C(Nc4[nH]c(=O)[nH]c(=O)c42)c2ccccc2C3=O)cc1. The molecule has 1 atom stereocenters. The van der Waals surface area contributed by atoms with Gasteiger partial charge >= 0.3 is 5.69 Å². The topological polar surface area (TPSA) is 94.8 Å². The molecule has 0 amide bonds. The molecule has 1 aliphatic carbocycles. The molecule has 0 unspecified atom stereocenters. The zero-order valence-electron chi connectivity index (χ0n) is 16.0. The van der Waals surface area contributed by atoms with Gasteiger partial charge in [-0.15, -0.1) is 0 Å². The van der Waals surface area contributed by atoms with E-state index in [0.29, 0.717) is 34.1 Å². The second kappa shape index (κ2) is 6.17. The van der Waals surface area contributed by atoms with E-state index < -0.39 is 17.2 Å². The third kappa shape index (κ3) is 2.52. The Kier molecular flexibility index (Phi) is 3.71. The molecular weight excluding hydrogens is 366 g/mol. The molecule has 2 heterocycles. The predicted octanol–water partition coefficient (Wildman–Crippen LogP) is 3.35. The van der Waals surface area contributed by atoms with Gasteiger partial charge in [0.25, 0.3) is 5.56 Å². The molecule has 0 saturated carbocycles. The highest BCUT2D eigenvalue weighted by molar-refractivity contribution is 6.23. The number of allylic oxidation sites excluding steroid dienone is 1. The van der Waals surface area contributed by atoms with Crippen molar-refractivity contribution in [2.45, 2.75) is 25.7 Å². The van der Waals surface area contributed by atoms with Crippen LogP contribution in [0.15, 0.2) is 63.7 Å². The molecule has 0 bridgehead atoms. The van der Waals surface area contributed by atoms with Crippen LogP contribution in [0.5, 0.6) is 0 Å². The summed E-state index contributed by atoms with van der Waals surface area (Å²) in [6.07, 6.45) is 0. The molecule has 144 valence electrons. The van der Waals surface area contributed by atoms with Crippen molar-refractivity contribution in [2.75, 3.05) is 5.32 Å². The quantitative estimate of drug-likeness (QED) is 0.630. The Morgan fingerprint density at radius 1 is 0.862 bits per heavy atom. The molecule has 3 aromatic rings. The lowest BCUT2D eigenvalue weighted by molar-refractivity contribution is 0.103. The van der Waals surface area contributed by atoms with Crippen molar-refractivity contribution in [3.8, 4) is 0 Å². The van der Waals surface area contributed by atoms with E-state index in [9.17, 15) is 14.4 Å². The van der Waals surface area contributed by atoms with E-state index in [0.717, 1.165) is 11.1 Å². The summed E-state index contributed by atoms with van der Waals surface area (Å²) >= 11 is 0. The van der Waals surface area contributed by atoms with Crippen LogP contribution in [0, 0.1) is 0 Å². The molecule has 2 aromatic carbocycles. The maximum Gasteiger partial charge on any atom is 0.327 e. The van der Waals surface area contributed by atoms with E-state index in [1.54, 1.807) is 6.07 Å². The molecule has 29 heavy (non-hydrogen) atoms. The fourth-order valence-corrected chi connectivity index (χ4v) is 4.26. The molecule has 3 N–H and O–H groups in total. The highest BCUT2D eigenvalue weighted by Crippen LogP contribution is 2.47. The molecule has 0 saturated heterocycles. The number of aromatic nitrogens is 2. The fourth-order valence-electron chi connectivity index (χ4n) is 4.26. The van der Waals surface area contributed by atoms with Gasteiger partial charge in [-0.2, -0.15) is 0 Å². The molecule has 0 spiro atoms. The number of hydrogen-bond donors (Lipinski definition) is 3. The summed E-state index contributed by atoms with van der Waals surface area (Å²) in [5.41, 5.74) is 3.84. The van der Waals surface area contributed by atoms with Crippen molar-refractivity contribution >= 4 is 17.3 Å². The number of benzene rings is 2. The van der Waals surface area contributed by atoms with Gasteiger partial charge in [0.1, 0.15) is 5.82 Å². The van der Waals surface area contributed by atoms with E-state index in [2.05, 4.69) is 29.1 Å². The lowest BCUT2D eigenvalue weighted by Gasteiger charge is -2.27. The van der Waals surface area contributed by atoms with Crippen LogP contribution in [-0.2, 0) is 0 Å². The molecular formula is C23H19N3O3. The Hall–Kier alpha value is -3.67. The summed E-state index contributed by atoms with van der Waals surface area (Å²) in [7, 11) is 0. The Bertz CT molecular complexity index is 1310. The number of aromatic amines is 2. The van der Waals surface area contributed by atoms with Crippen molar-refractivity contribution in [1.29, 1.82) is 0 Å². The molecule has 6 nitrogen and oxygen atoms in total. The Balaban J connectivity index is 1.78. The smallest absolute Gasteiger partial charge is 0.327 e. The van der Waals surface area contributed by atoms with Gasteiger partial charge in [0, 0.05) is 22.6 Å². The van der Waals surface area contributed by atoms with Crippen molar-refractivity contribution < 1.29 is 4.79 Å². The number of anilines is 1. The van der Waals surface area contributed by atoms with Gasteiger partial charge in [0.05, 0.1) is 11.3 Å². The number of carbonyl (C=O) groups excluding carboxylic acids is 1. The molecule has 2 aliphatic rings. The monoisotopic (exact) mass is 385 g/mol. The maximum atomic E-state index is 13.3. The predicted molar refractivity (Wildman–Crippen MR) is 111 cm³/mol. The zero-order chi connectivity index (χ0) is 20.3. The van der Waals surface area contributed by atoms with Gasteiger partial charge in [-0.05, 0) is 17.0 Å². The Labute approximate surface area is 166 Å². The van der Waals surface area contributed by atoms with Gasteiger partial charge in [0.2, 0.25) is 0 Å². The van der Waals surface area contributed by atoms with Gasteiger partial charge in [0.15, 0.2) is 5.78 Å². The van der Waals surface area contributed by atoms with Crippen LogP contribution in [0.3, 0.4) is 0 Å². The van der Waals surface area contributed by atoms with Crippen molar-refractivity contribution in [2.24, 2.45) is 0 Å². The number of carbonyl (C=O) groups is 1. The third-order valence-corrected chi connectivity index (χ3v) is 5.70. The molecule has 1 aromatic heterocycles. The van der Waals surface area contributed by atoms with Crippen molar-refractivity contribution in [1.82, 2.24) is 9.97 Å². The zero-order valence-corrected chi connectivity index (χ0v) is 16.0. The van der Waals surface area contributed by atoms with Gasteiger partial charge < -0.3 is 5.32 Å². The summed E-state index contributed by atoms with van der Waals surface area (Å²) in [5, 5.41) is 3.14. The number of nitrogens with one attached hydrogen (secondary N) is 3. The van der Waals surface area contributed by atoms with Gasteiger partial charge in [-0.3, -0.25) is 19.6 Å². The van der Waals surface area contributed by atoms with Crippen LogP contribution < -0.4 is 16.6 Å². The molecule has 0 radical (unpaired) electrons. The summed E-state index contributed by atoms with van der Waals surface area (Å²) in [6, 6.07) is 15.3. The highest BCUT2D eigenvalue weighted by Gasteiger charge is 2.41. The average Bonchev–Trinajstić information content (AvgIpc) is 2.99. The summed E-state index contributed by atoms with van der Waals surface area (Å²) in [6.45, 7) is 4.23. The number of rotatable bonds is 2. The van der Waals surface area contributed by atoms with Crippen LogP contribution in [-0.4, -0.2) is 15.8 Å². The van der Waals surface area contributed by atoms with E-state index in [4.69, 9.17) is 0 Å². The molecule has 0 fully saturated rings. The summed E-state index contributed by atoms with van der Waals surface area (Å²) in [5.74, 6) is 0.0384. The normalized spacial score (nSPS) is 17.1. The van der Waals surface area contributed by atoms with Crippen LogP contribution in [0.4, 0.5) is 5.82 Å². The molecule has 5 rings (SSSR count). The summed E-state index contributed by atoms with van der Waals surface area (Å²) < 4.78 is 0. The fraction of sp³-hybridized carbons (Fsp3) is 0.174. The lowest BCUT2D eigenvalue weighted by Crippen LogP contribution is -2.33. The first kappa shape index (κ1) is 17.4. The molecule has 1 aliphatic heterocycles. The lowest BCUT2D eigenvalue weighted by atomic mass is 9.81. The van der Waals surface area contributed by atoms with E-state index >= 15 is 0 Å². The van der Waals surface area contributed by atoms with Crippen LogP contribution in [0.2, 0.25) is 0 Å². The van der Waals surface area contributed by atoms with E-state index in [1.165, 1.54) is 5.56 Å². The number of Topliss-reactive ketones (excluding diaryl/α,β-unsaturated/α-hetero) is 1. The maximum absolute atomic E-state index is 13.3. The highest BCUT2D eigenvalue weighted by atomic mass is 16.2. The van der Waals surface area contributed by atoms with Crippen LogP contribution in [0.1, 0.15) is 58.3 Å². The first-order chi connectivity index (χ1) is 14.0. The number of hydrogen-bond acceptors (Lipinski definition) is 4. The van der Waals surface area contributed by atoms with Crippen molar-refractivity contribution in [3.63, 3.8) is 0 Å². The number of H-pyrrole nitrogens is 2. The van der Waals surface area contributed by atoms with Crippen LogP contribution in [0.25, 0.3) is 5.70 Å². The Morgan fingerprint density at radius 2 is 1.55 bits per heavy atom. The number of ketones is 1. The largest absolute Gasteiger partial charge is 0.340 e. The van der Waals surface area contributed by atoms with E-state index in [-0.39, 0.29) is 5.78 Å². The number of fused-ring (bicyclic) bond motifs is 3. The minimum absolute atomic E-state index is 0.0997. The summed E-state index contributed by atoms with van der Waals surface area (Å²) in [4.78, 5) is 42.9. The minimum atomic E-state index is -0.586. The Morgan fingerprint density at radius 3 is 2.24 bits per heavy atom. The van der Waals surface area contributed by atoms with Crippen molar-refractivity contribution in [3.05, 3.63) is 103 Å².